The molecule has 0 saturated heterocycles. The lowest BCUT2D eigenvalue weighted by Crippen LogP contribution is -2.32. The van der Waals surface area contributed by atoms with Crippen LogP contribution < -0.4 is 5.32 Å². The van der Waals surface area contributed by atoms with Gasteiger partial charge in [0.05, 0.1) is 6.61 Å². The Balaban J connectivity index is 1.93. The number of rotatable bonds is 8. The largest absolute Gasteiger partial charge is 0.383 e. The summed E-state index contributed by atoms with van der Waals surface area (Å²) in [5.41, 5.74) is 1.45. The second-order valence-electron chi connectivity index (χ2n) is 6.19. The van der Waals surface area contributed by atoms with Gasteiger partial charge in [-0.15, -0.1) is 0 Å². The first-order valence-corrected chi connectivity index (χ1v) is 9.03. The lowest BCUT2D eigenvalue weighted by atomic mass is 9.77. The van der Waals surface area contributed by atoms with Crippen molar-refractivity contribution in [3.05, 3.63) is 34.3 Å². The standard InChI is InChI=1S/C18H28BrNO/c1-21-11-10-20-14-17(16-7-3-2-4-8-16)12-15-6-5-9-18(19)13-15/h5-6,9,13,16-17,20H,2-4,7-8,10-12,14H2,1H3. The van der Waals surface area contributed by atoms with Gasteiger partial charge in [-0.3, -0.25) is 0 Å². The van der Waals surface area contributed by atoms with Crippen molar-refractivity contribution in [3.8, 4) is 0 Å². The number of benzene rings is 1. The summed E-state index contributed by atoms with van der Waals surface area (Å²) in [5.74, 6) is 1.63. The van der Waals surface area contributed by atoms with E-state index in [0.29, 0.717) is 0 Å². The first-order valence-electron chi connectivity index (χ1n) is 8.23. The van der Waals surface area contributed by atoms with Crippen molar-refractivity contribution in [2.45, 2.75) is 38.5 Å². The molecule has 1 aliphatic carbocycles. The summed E-state index contributed by atoms with van der Waals surface area (Å²) in [4.78, 5) is 0. The minimum Gasteiger partial charge on any atom is -0.383 e. The van der Waals surface area contributed by atoms with Crippen molar-refractivity contribution in [2.24, 2.45) is 11.8 Å². The summed E-state index contributed by atoms with van der Waals surface area (Å²) in [6.07, 6.45) is 8.26. The van der Waals surface area contributed by atoms with Gasteiger partial charge in [0.25, 0.3) is 0 Å². The maximum Gasteiger partial charge on any atom is 0.0587 e. The normalized spacial score (nSPS) is 17.8. The van der Waals surface area contributed by atoms with E-state index in [2.05, 4.69) is 45.5 Å². The molecule has 0 aliphatic heterocycles. The fourth-order valence-corrected chi connectivity index (χ4v) is 3.89. The predicted octanol–water partition coefficient (Wildman–Crippen LogP) is 4.42. The van der Waals surface area contributed by atoms with Crippen molar-refractivity contribution in [1.82, 2.24) is 5.32 Å². The van der Waals surface area contributed by atoms with Crippen LogP contribution in [0.15, 0.2) is 28.7 Å². The molecule has 2 nitrogen and oxygen atoms in total. The zero-order valence-electron chi connectivity index (χ0n) is 13.1. The quantitative estimate of drug-likeness (QED) is 0.698. The van der Waals surface area contributed by atoms with Gasteiger partial charge in [-0.25, -0.2) is 0 Å². The molecule has 0 radical (unpaired) electrons. The van der Waals surface area contributed by atoms with Crippen LogP contribution in [0.25, 0.3) is 0 Å². The molecule has 3 heteroatoms. The number of nitrogens with one attached hydrogen (secondary N) is 1. The lowest BCUT2D eigenvalue weighted by Gasteiger charge is -2.31. The Morgan fingerprint density at radius 2 is 2.10 bits per heavy atom. The number of methoxy groups -OCH3 is 1. The Kier molecular flexibility index (Phi) is 7.76. The van der Waals surface area contributed by atoms with E-state index < -0.39 is 0 Å². The highest BCUT2D eigenvalue weighted by atomic mass is 79.9. The summed E-state index contributed by atoms with van der Waals surface area (Å²) in [6.45, 7) is 2.87. The first kappa shape index (κ1) is 17.0. The molecule has 1 saturated carbocycles. The SMILES string of the molecule is COCCNCC(Cc1cccc(Br)c1)C1CCCCC1. The Morgan fingerprint density at radius 1 is 1.29 bits per heavy atom. The van der Waals surface area contributed by atoms with Crippen molar-refractivity contribution in [1.29, 1.82) is 0 Å². The van der Waals surface area contributed by atoms with Gasteiger partial charge in [0.15, 0.2) is 0 Å². The number of hydrogen-bond donors (Lipinski definition) is 1. The molecule has 21 heavy (non-hydrogen) atoms. The first-order chi connectivity index (χ1) is 10.3. The molecule has 0 amide bonds. The molecule has 1 aromatic rings. The summed E-state index contributed by atoms with van der Waals surface area (Å²) in [6, 6.07) is 8.78. The van der Waals surface area contributed by atoms with E-state index in [0.717, 1.165) is 31.5 Å². The topological polar surface area (TPSA) is 21.3 Å². The van der Waals surface area contributed by atoms with Crippen LogP contribution in [0.4, 0.5) is 0 Å². The summed E-state index contributed by atoms with van der Waals surface area (Å²) in [7, 11) is 1.77. The predicted molar refractivity (Wildman–Crippen MR) is 92.7 cm³/mol. The smallest absolute Gasteiger partial charge is 0.0587 e. The molecule has 1 fully saturated rings. The van der Waals surface area contributed by atoms with Crippen LogP contribution in [0.3, 0.4) is 0 Å². The van der Waals surface area contributed by atoms with Crippen molar-refractivity contribution >= 4 is 15.9 Å². The fraction of sp³-hybridized carbons (Fsp3) is 0.667. The average Bonchev–Trinajstić information content (AvgIpc) is 2.51. The van der Waals surface area contributed by atoms with E-state index in [-0.39, 0.29) is 0 Å². The minimum atomic E-state index is 0.747. The molecular weight excluding hydrogens is 326 g/mol. The Labute approximate surface area is 137 Å². The molecule has 1 atom stereocenters. The van der Waals surface area contributed by atoms with E-state index >= 15 is 0 Å². The number of halogens is 1. The molecule has 1 aromatic carbocycles. The molecule has 0 spiro atoms. The highest BCUT2D eigenvalue weighted by Crippen LogP contribution is 2.32. The summed E-state index contributed by atoms with van der Waals surface area (Å²) in [5, 5.41) is 3.58. The van der Waals surface area contributed by atoms with Crippen LogP contribution >= 0.6 is 15.9 Å². The van der Waals surface area contributed by atoms with Crippen LogP contribution in [0.2, 0.25) is 0 Å². The highest BCUT2D eigenvalue weighted by Gasteiger charge is 2.23. The molecule has 1 unspecified atom stereocenters. The monoisotopic (exact) mass is 353 g/mol. The van der Waals surface area contributed by atoms with Crippen LogP contribution in [0.1, 0.15) is 37.7 Å². The van der Waals surface area contributed by atoms with Crippen molar-refractivity contribution < 1.29 is 4.74 Å². The Hall–Kier alpha value is -0.380. The van der Waals surface area contributed by atoms with Gasteiger partial charge in [-0.1, -0.05) is 60.2 Å². The van der Waals surface area contributed by atoms with E-state index in [1.807, 2.05) is 0 Å². The minimum absolute atomic E-state index is 0.747. The maximum atomic E-state index is 5.13. The zero-order chi connectivity index (χ0) is 14.9. The van der Waals surface area contributed by atoms with Crippen LogP contribution in [0.5, 0.6) is 0 Å². The fourth-order valence-electron chi connectivity index (χ4n) is 3.44. The molecule has 1 N–H and O–H groups in total. The Bertz CT molecular complexity index is 404. The molecule has 0 aromatic heterocycles. The van der Waals surface area contributed by atoms with Gasteiger partial charge >= 0.3 is 0 Å². The summed E-state index contributed by atoms with van der Waals surface area (Å²) >= 11 is 3.59. The molecule has 0 bridgehead atoms. The third-order valence-electron chi connectivity index (χ3n) is 4.59. The van der Waals surface area contributed by atoms with Gasteiger partial charge in [-0.2, -0.15) is 0 Å². The second kappa shape index (κ2) is 9.60. The zero-order valence-corrected chi connectivity index (χ0v) is 14.7. The van der Waals surface area contributed by atoms with E-state index in [1.54, 1.807) is 7.11 Å². The number of ether oxygens (including phenoxy) is 1. The molecular formula is C18H28BrNO. The van der Waals surface area contributed by atoms with Gasteiger partial charge in [0.1, 0.15) is 0 Å². The van der Waals surface area contributed by atoms with Crippen molar-refractivity contribution in [2.75, 3.05) is 26.8 Å². The van der Waals surface area contributed by atoms with E-state index in [9.17, 15) is 0 Å². The third kappa shape index (κ3) is 6.09. The van der Waals surface area contributed by atoms with E-state index in [4.69, 9.17) is 4.74 Å². The van der Waals surface area contributed by atoms with E-state index in [1.165, 1.54) is 48.6 Å². The third-order valence-corrected chi connectivity index (χ3v) is 5.09. The van der Waals surface area contributed by atoms with Gasteiger partial charge in [0, 0.05) is 18.1 Å². The highest BCUT2D eigenvalue weighted by molar-refractivity contribution is 9.10. The van der Waals surface area contributed by atoms with Gasteiger partial charge < -0.3 is 10.1 Å². The lowest BCUT2D eigenvalue weighted by molar-refractivity contribution is 0.190. The van der Waals surface area contributed by atoms with Crippen molar-refractivity contribution in [3.63, 3.8) is 0 Å². The van der Waals surface area contributed by atoms with Gasteiger partial charge in [-0.05, 0) is 42.5 Å². The number of hydrogen-bond acceptors (Lipinski definition) is 2. The maximum absolute atomic E-state index is 5.13. The van der Waals surface area contributed by atoms with Crippen LogP contribution in [-0.4, -0.2) is 26.8 Å². The molecule has 2 rings (SSSR count). The second-order valence-corrected chi connectivity index (χ2v) is 7.10. The molecule has 118 valence electrons. The molecule has 1 aliphatic rings. The van der Waals surface area contributed by atoms with Gasteiger partial charge in [0.2, 0.25) is 0 Å². The summed E-state index contributed by atoms with van der Waals surface area (Å²) < 4.78 is 6.32. The van der Waals surface area contributed by atoms with Crippen LogP contribution in [0, 0.1) is 11.8 Å². The average molecular weight is 354 g/mol. The molecule has 0 heterocycles. The van der Waals surface area contributed by atoms with Crippen LogP contribution in [-0.2, 0) is 11.2 Å². The Morgan fingerprint density at radius 3 is 2.81 bits per heavy atom.